The van der Waals surface area contributed by atoms with Crippen molar-refractivity contribution >= 4 is 5.78 Å². The van der Waals surface area contributed by atoms with Crippen molar-refractivity contribution in [1.82, 2.24) is 0 Å². The van der Waals surface area contributed by atoms with E-state index in [1.54, 1.807) is 0 Å². The van der Waals surface area contributed by atoms with Crippen molar-refractivity contribution in [3.8, 4) is 0 Å². The topological polar surface area (TPSA) is 81.7 Å². The van der Waals surface area contributed by atoms with E-state index in [2.05, 4.69) is 13.0 Å². The zero-order valence-electron chi connectivity index (χ0n) is 30.2. The zero-order chi connectivity index (χ0) is 36.1. The van der Waals surface area contributed by atoms with Crippen molar-refractivity contribution < 1.29 is 38.0 Å². The number of allylic oxidation sites excluding steroid dienone is 1. The molecule has 0 spiro atoms. The fraction of sp³-hybridized carbons (Fsp3) is 0.400. The molecule has 276 valence electrons. The van der Waals surface area contributed by atoms with E-state index in [0.717, 1.165) is 35.1 Å². The Morgan fingerprint density at radius 3 is 1.72 bits per heavy atom. The summed E-state index contributed by atoms with van der Waals surface area (Å²) in [5.74, 6) is -2.10. The maximum Gasteiger partial charge on any atom is 0.238 e. The van der Waals surface area contributed by atoms with E-state index >= 15 is 0 Å². The Kier molecular flexibility index (Phi) is 11.0. The Morgan fingerprint density at radius 2 is 1.15 bits per heavy atom. The van der Waals surface area contributed by atoms with Gasteiger partial charge in [0.25, 0.3) is 0 Å². The van der Waals surface area contributed by atoms with Gasteiger partial charge in [-0.1, -0.05) is 140 Å². The fourth-order valence-electron chi connectivity index (χ4n) is 8.39. The number of ether oxygens (including phenoxy) is 7. The number of ketones is 1. The highest BCUT2D eigenvalue weighted by Crippen LogP contribution is 2.58. The maximum atomic E-state index is 14.3. The molecule has 8 nitrogen and oxygen atoms in total. The first kappa shape index (κ1) is 36.0. The van der Waals surface area contributed by atoms with Gasteiger partial charge in [-0.3, -0.25) is 4.79 Å². The minimum Gasteiger partial charge on any atom is -0.374 e. The average Bonchev–Trinajstić information content (AvgIpc) is 3.19. The fourth-order valence-corrected chi connectivity index (χ4v) is 8.39. The molecule has 2 saturated heterocycles. The van der Waals surface area contributed by atoms with Gasteiger partial charge in [0.15, 0.2) is 12.1 Å². The lowest BCUT2D eigenvalue weighted by atomic mass is 9.54. The molecule has 5 aliphatic rings. The second kappa shape index (κ2) is 16.2. The molecule has 4 aromatic carbocycles. The van der Waals surface area contributed by atoms with Crippen molar-refractivity contribution in [3.05, 3.63) is 156 Å². The van der Waals surface area contributed by atoms with Gasteiger partial charge in [-0.05, 0) is 40.5 Å². The highest BCUT2D eigenvalue weighted by atomic mass is 16.8. The van der Waals surface area contributed by atoms with Gasteiger partial charge in [-0.25, -0.2) is 0 Å². The van der Waals surface area contributed by atoms with Gasteiger partial charge in [-0.2, -0.15) is 0 Å². The Hall–Kier alpha value is -3.99. The third kappa shape index (κ3) is 7.82. The number of carbonyl (C=O) groups is 1. The summed E-state index contributed by atoms with van der Waals surface area (Å²) in [6, 6.07) is 40.1. The van der Waals surface area contributed by atoms with Crippen LogP contribution in [0.15, 0.2) is 133 Å². The number of Topliss-reactive ketones (excluding diaryl/α,β-unsaturated/α-hetero) is 1. The van der Waals surface area contributed by atoms with Crippen molar-refractivity contribution in [2.24, 2.45) is 17.3 Å². The highest BCUT2D eigenvalue weighted by Gasteiger charge is 2.66. The first-order chi connectivity index (χ1) is 26.0. The van der Waals surface area contributed by atoms with Crippen LogP contribution in [0.25, 0.3) is 0 Å². The molecular formula is C45H48O8. The second-order valence-corrected chi connectivity index (χ2v) is 14.9. The van der Waals surface area contributed by atoms with Crippen LogP contribution in [-0.4, -0.2) is 55.5 Å². The van der Waals surface area contributed by atoms with Crippen LogP contribution in [0, 0.1) is 17.3 Å². The molecular weight excluding hydrogens is 668 g/mol. The van der Waals surface area contributed by atoms with Crippen molar-refractivity contribution in [1.29, 1.82) is 0 Å². The Morgan fingerprint density at radius 1 is 0.642 bits per heavy atom. The van der Waals surface area contributed by atoms with Gasteiger partial charge < -0.3 is 33.2 Å². The number of benzene rings is 4. The minimum absolute atomic E-state index is 0.0614. The molecule has 53 heavy (non-hydrogen) atoms. The molecule has 0 radical (unpaired) electrons. The Balaban J connectivity index is 1.16. The van der Waals surface area contributed by atoms with Gasteiger partial charge in [0.1, 0.15) is 24.4 Å². The summed E-state index contributed by atoms with van der Waals surface area (Å²) in [4.78, 5) is 14.3. The van der Waals surface area contributed by atoms with Gasteiger partial charge >= 0.3 is 0 Å². The van der Waals surface area contributed by atoms with Gasteiger partial charge in [0, 0.05) is 11.8 Å². The lowest BCUT2D eigenvalue weighted by Gasteiger charge is -2.59. The van der Waals surface area contributed by atoms with Crippen LogP contribution in [0.4, 0.5) is 0 Å². The molecule has 4 aromatic rings. The van der Waals surface area contributed by atoms with E-state index in [9.17, 15) is 4.79 Å². The van der Waals surface area contributed by atoms with Crippen LogP contribution >= 0.6 is 0 Å². The SMILES string of the molecule is C[C@@]12CCO[C@]3(O[C@@H]4O[C@H](COCc5ccccc5)[C@@H](OCc5ccccc5)[C@H](OCc5ccccc5)[C@H]4OCc4ccccc4)C(=O)[C@@H](C=C[C@H]13)C2. The molecule has 1 saturated carbocycles. The molecule has 0 unspecified atom stereocenters. The first-order valence-corrected chi connectivity index (χ1v) is 18.8. The van der Waals surface area contributed by atoms with Gasteiger partial charge in [0.05, 0.1) is 39.6 Å². The molecule has 2 heterocycles. The molecule has 9 atom stereocenters. The summed E-state index contributed by atoms with van der Waals surface area (Å²) < 4.78 is 47.3. The van der Waals surface area contributed by atoms with Gasteiger partial charge in [0.2, 0.25) is 5.79 Å². The average molecular weight is 717 g/mol. The number of rotatable bonds is 15. The van der Waals surface area contributed by atoms with Crippen LogP contribution in [0.2, 0.25) is 0 Å². The van der Waals surface area contributed by atoms with E-state index in [-0.39, 0.29) is 36.2 Å². The Labute approximate surface area is 312 Å². The van der Waals surface area contributed by atoms with E-state index in [1.807, 2.05) is 127 Å². The van der Waals surface area contributed by atoms with Crippen molar-refractivity contribution in [2.75, 3.05) is 13.2 Å². The molecule has 3 fully saturated rings. The highest BCUT2D eigenvalue weighted by molar-refractivity contribution is 5.92. The lowest BCUT2D eigenvalue weighted by molar-refractivity contribution is -0.396. The standard InChI is InChI=1S/C45H48O8/c1-44-24-25-51-45(38(44)23-22-36(26-44)42(45)46)53-43-41(50-30-35-20-12-5-13-21-35)40(49-29-34-18-10-4-11-19-34)39(48-28-33-16-8-3-9-17-33)37(52-43)31-47-27-32-14-6-2-7-15-32/h2-23,36-41,43H,24-31H2,1H3/t36-,37+,38+,39+,40-,41+,43-,44-,45+/m0/s1. The molecule has 0 aromatic heterocycles. The smallest absolute Gasteiger partial charge is 0.238 e. The summed E-state index contributed by atoms with van der Waals surface area (Å²) in [7, 11) is 0. The summed E-state index contributed by atoms with van der Waals surface area (Å²) in [5.41, 5.74) is 3.92. The second-order valence-electron chi connectivity index (χ2n) is 14.9. The minimum atomic E-state index is -1.50. The number of carbonyl (C=O) groups excluding carboxylic acids is 1. The van der Waals surface area contributed by atoms with Crippen LogP contribution in [0.3, 0.4) is 0 Å². The summed E-state index contributed by atoms with van der Waals surface area (Å²) in [5, 5.41) is 0. The monoisotopic (exact) mass is 716 g/mol. The Bertz CT molecular complexity index is 1800. The summed E-state index contributed by atoms with van der Waals surface area (Å²) in [6.45, 7) is 4.14. The largest absolute Gasteiger partial charge is 0.374 e. The van der Waals surface area contributed by atoms with Gasteiger partial charge in [-0.15, -0.1) is 0 Å². The maximum absolute atomic E-state index is 14.3. The third-order valence-electron chi connectivity index (χ3n) is 11.2. The lowest BCUT2D eigenvalue weighted by Crippen LogP contribution is -2.70. The predicted molar refractivity (Wildman–Crippen MR) is 198 cm³/mol. The normalized spacial score (nSPS) is 31.8. The molecule has 9 rings (SSSR count). The number of hydrogen-bond acceptors (Lipinski definition) is 8. The van der Waals surface area contributed by atoms with E-state index in [4.69, 9.17) is 33.2 Å². The summed E-state index contributed by atoms with van der Waals surface area (Å²) >= 11 is 0. The van der Waals surface area contributed by atoms with Crippen molar-refractivity contribution in [2.45, 2.75) is 82.7 Å². The molecule has 4 bridgehead atoms. The zero-order valence-corrected chi connectivity index (χ0v) is 30.2. The van der Waals surface area contributed by atoms with Crippen LogP contribution < -0.4 is 0 Å². The van der Waals surface area contributed by atoms with E-state index in [1.165, 1.54) is 0 Å². The predicted octanol–water partition coefficient (Wildman–Crippen LogP) is 7.60. The molecule has 0 amide bonds. The summed E-state index contributed by atoms with van der Waals surface area (Å²) in [6.07, 6.45) is 2.01. The van der Waals surface area contributed by atoms with Crippen LogP contribution in [0.5, 0.6) is 0 Å². The van der Waals surface area contributed by atoms with E-state index in [0.29, 0.717) is 26.4 Å². The quantitative estimate of drug-likeness (QED) is 0.117. The van der Waals surface area contributed by atoms with Crippen LogP contribution in [-0.2, 0) is 64.4 Å². The molecule has 2 aliphatic heterocycles. The van der Waals surface area contributed by atoms with Crippen LogP contribution in [0.1, 0.15) is 42.0 Å². The van der Waals surface area contributed by atoms with Crippen molar-refractivity contribution in [3.63, 3.8) is 0 Å². The molecule has 0 N–H and O–H groups in total. The third-order valence-corrected chi connectivity index (χ3v) is 11.2. The molecule has 8 heteroatoms. The number of hydrogen-bond donors (Lipinski definition) is 0. The van der Waals surface area contributed by atoms with E-state index < -0.39 is 36.5 Å². The molecule has 3 aliphatic carbocycles. The first-order valence-electron chi connectivity index (χ1n) is 18.8.